The Morgan fingerprint density at radius 3 is 2.62 bits per heavy atom. The van der Waals surface area contributed by atoms with Crippen molar-refractivity contribution in [1.82, 2.24) is 9.21 Å². The van der Waals surface area contributed by atoms with Crippen LogP contribution in [-0.2, 0) is 21.4 Å². The minimum atomic E-state index is -3.88. The van der Waals surface area contributed by atoms with Crippen molar-refractivity contribution in [2.45, 2.75) is 30.3 Å². The van der Waals surface area contributed by atoms with Gasteiger partial charge in [0.1, 0.15) is 11.9 Å². The highest BCUT2D eigenvalue weighted by atomic mass is 35.5. The second-order valence-electron chi connectivity index (χ2n) is 8.10. The number of rotatable bonds is 3. The van der Waals surface area contributed by atoms with Crippen LogP contribution in [0.15, 0.2) is 86.8 Å². The maximum atomic E-state index is 13.3. The molecule has 0 aromatic heterocycles. The molecule has 0 radical (unpaired) electrons. The monoisotopic (exact) mass is 514 g/mol. The number of hydrogen-bond acceptors (Lipinski definition) is 4. The van der Waals surface area contributed by atoms with E-state index in [0.29, 0.717) is 35.3 Å². The van der Waals surface area contributed by atoms with Gasteiger partial charge in [-0.1, -0.05) is 47.5 Å². The summed E-state index contributed by atoms with van der Waals surface area (Å²) in [5.41, 5.74) is 1.65. The number of sulfonamides is 1. The molecular weight excluding hydrogens is 495 g/mol. The molecule has 174 valence electrons. The molecule has 0 aliphatic carbocycles. The lowest BCUT2D eigenvalue weighted by molar-refractivity contribution is -0.120. The summed E-state index contributed by atoms with van der Waals surface area (Å²) in [5.74, 6) is 0.320. The van der Waals surface area contributed by atoms with E-state index in [2.05, 4.69) is 9.98 Å². The van der Waals surface area contributed by atoms with Gasteiger partial charge in [-0.2, -0.15) is 9.30 Å². The Morgan fingerprint density at radius 1 is 1.06 bits per heavy atom. The maximum Gasteiger partial charge on any atom is 0.266 e. The van der Waals surface area contributed by atoms with Crippen molar-refractivity contribution < 1.29 is 13.2 Å². The predicted octanol–water partition coefficient (Wildman–Crippen LogP) is 4.33. The first kappa shape index (κ1) is 23.0. The van der Waals surface area contributed by atoms with Crippen LogP contribution in [-0.4, -0.2) is 47.8 Å². The van der Waals surface area contributed by atoms with Crippen LogP contribution in [0.1, 0.15) is 24.0 Å². The molecule has 5 rings (SSSR count). The van der Waals surface area contributed by atoms with Gasteiger partial charge in [0.2, 0.25) is 10.0 Å². The Balaban J connectivity index is 1.51. The van der Waals surface area contributed by atoms with E-state index in [1.54, 1.807) is 18.4 Å². The predicted molar refractivity (Wildman–Crippen MR) is 132 cm³/mol. The summed E-state index contributed by atoms with van der Waals surface area (Å²) in [4.78, 5) is 24.3. The first-order valence-electron chi connectivity index (χ1n) is 10.7. The molecule has 1 unspecified atom stereocenters. The Bertz CT molecular complexity index is 1380. The maximum absolute atomic E-state index is 13.3. The van der Waals surface area contributed by atoms with E-state index in [0.717, 1.165) is 11.1 Å². The van der Waals surface area contributed by atoms with Crippen molar-refractivity contribution in [1.29, 1.82) is 0 Å². The first-order valence-corrected chi connectivity index (χ1v) is 12.9. The lowest BCUT2D eigenvalue weighted by Crippen LogP contribution is -2.40. The molecule has 0 saturated carbocycles. The van der Waals surface area contributed by atoms with Crippen LogP contribution < -0.4 is 0 Å². The lowest BCUT2D eigenvalue weighted by Gasteiger charge is -2.22. The highest BCUT2D eigenvalue weighted by molar-refractivity contribution is 7.89. The van der Waals surface area contributed by atoms with Gasteiger partial charge in [-0.3, -0.25) is 4.79 Å². The Morgan fingerprint density at radius 2 is 1.82 bits per heavy atom. The number of nitrogens with zero attached hydrogens (tertiary/aromatic N) is 4. The third-order valence-electron chi connectivity index (χ3n) is 5.91. The van der Waals surface area contributed by atoms with Crippen LogP contribution in [0.25, 0.3) is 0 Å². The fourth-order valence-electron chi connectivity index (χ4n) is 4.25. The second-order valence-corrected chi connectivity index (χ2v) is 10.9. The lowest BCUT2D eigenvalue weighted by atomic mass is 10.1. The van der Waals surface area contributed by atoms with Crippen molar-refractivity contribution in [3.63, 3.8) is 0 Å². The van der Waals surface area contributed by atoms with Crippen LogP contribution in [0.4, 0.5) is 0 Å². The van der Waals surface area contributed by atoms with Crippen molar-refractivity contribution in [3.05, 3.63) is 88.1 Å². The Kier molecular flexibility index (Phi) is 6.16. The van der Waals surface area contributed by atoms with Gasteiger partial charge in [-0.25, -0.2) is 13.4 Å². The molecule has 1 fully saturated rings. The molecule has 34 heavy (non-hydrogen) atoms. The highest BCUT2D eigenvalue weighted by Crippen LogP contribution is 2.29. The number of carbonyl (C=O) groups is 1. The van der Waals surface area contributed by atoms with Gasteiger partial charge in [0.05, 0.1) is 9.93 Å². The second kappa shape index (κ2) is 9.11. The third-order valence-corrected chi connectivity index (χ3v) is 8.31. The number of amides is 1. The summed E-state index contributed by atoms with van der Waals surface area (Å²) in [6.45, 7) is 0.764. The molecule has 2 aromatic carbocycles. The number of halogens is 2. The van der Waals surface area contributed by atoms with Crippen LogP contribution >= 0.6 is 23.2 Å². The minimum absolute atomic E-state index is 0.0935. The molecule has 2 aromatic rings. The van der Waals surface area contributed by atoms with Gasteiger partial charge in [0.25, 0.3) is 5.91 Å². The summed E-state index contributed by atoms with van der Waals surface area (Å²) in [7, 11) is -3.88. The number of amidine groups is 2. The van der Waals surface area contributed by atoms with Crippen molar-refractivity contribution >= 4 is 50.8 Å². The summed E-state index contributed by atoms with van der Waals surface area (Å²) in [6, 6.07) is 12.6. The third kappa shape index (κ3) is 4.34. The fraction of sp³-hybridized carbons (Fsp3) is 0.208. The topological polar surface area (TPSA) is 82.4 Å². The standard InChI is InChI=1S/C24H20Cl2N4O3S/c25-17-7-10-19(11-8-17)34(32,33)30-13-3-6-21(30)24(31)28-23-20-5-2-1-4-16(20)14-29-15-18(26)9-12-22(29)27-23/h1-2,4-5,7-12,15,21H,3,6,13-14H2. The number of fused-ring (bicyclic) bond motifs is 2. The van der Waals surface area contributed by atoms with E-state index in [9.17, 15) is 13.2 Å². The number of benzene rings is 2. The van der Waals surface area contributed by atoms with Gasteiger partial charge in [0.15, 0.2) is 5.84 Å². The molecule has 3 aliphatic rings. The normalized spacial score (nSPS) is 21.5. The number of carbonyl (C=O) groups excluding carboxylic acids is 1. The van der Waals surface area contributed by atoms with Gasteiger partial charge < -0.3 is 4.90 Å². The average molecular weight is 515 g/mol. The quantitative estimate of drug-likeness (QED) is 0.610. The zero-order chi connectivity index (χ0) is 23.9. The van der Waals surface area contributed by atoms with Crippen LogP contribution in [0.2, 0.25) is 5.02 Å². The van der Waals surface area contributed by atoms with E-state index >= 15 is 0 Å². The molecule has 0 N–H and O–H groups in total. The van der Waals surface area contributed by atoms with Gasteiger partial charge in [-0.05, 0) is 54.8 Å². The number of aliphatic imine (C=N–C) groups is 2. The van der Waals surface area contributed by atoms with Crippen LogP contribution in [0.5, 0.6) is 0 Å². The summed E-state index contributed by atoms with van der Waals surface area (Å²) >= 11 is 12.1. The van der Waals surface area contributed by atoms with Crippen molar-refractivity contribution in [3.8, 4) is 0 Å². The molecule has 7 nitrogen and oxygen atoms in total. The molecule has 0 spiro atoms. The van der Waals surface area contributed by atoms with E-state index in [1.807, 2.05) is 29.2 Å². The highest BCUT2D eigenvalue weighted by Gasteiger charge is 2.39. The zero-order valence-corrected chi connectivity index (χ0v) is 20.3. The molecule has 0 bridgehead atoms. The van der Waals surface area contributed by atoms with Crippen LogP contribution in [0.3, 0.4) is 0 Å². The molecular formula is C24H20Cl2N4O3S. The first-order chi connectivity index (χ1) is 16.3. The van der Waals surface area contributed by atoms with E-state index in [4.69, 9.17) is 23.2 Å². The van der Waals surface area contributed by atoms with E-state index in [-0.39, 0.29) is 17.3 Å². The number of hydrogen-bond donors (Lipinski definition) is 0. The van der Waals surface area contributed by atoms with Crippen LogP contribution in [0, 0.1) is 0 Å². The van der Waals surface area contributed by atoms with E-state index in [1.165, 1.54) is 28.6 Å². The molecule has 1 atom stereocenters. The molecule has 3 heterocycles. The fourth-order valence-corrected chi connectivity index (χ4v) is 6.20. The average Bonchev–Trinajstić information content (AvgIpc) is 3.27. The molecule has 1 saturated heterocycles. The smallest absolute Gasteiger partial charge is 0.266 e. The van der Waals surface area contributed by atoms with Gasteiger partial charge in [-0.15, -0.1) is 0 Å². The number of allylic oxidation sites excluding steroid dienone is 2. The largest absolute Gasteiger partial charge is 0.327 e. The Hall–Kier alpha value is -2.78. The summed E-state index contributed by atoms with van der Waals surface area (Å²) in [6.07, 6.45) is 6.23. The van der Waals surface area contributed by atoms with Crippen molar-refractivity contribution in [2.24, 2.45) is 9.98 Å². The van der Waals surface area contributed by atoms with E-state index < -0.39 is 22.0 Å². The van der Waals surface area contributed by atoms with Gasteiger partial charge in [0, 0.05) is 29.9 Å². The molecule has 10 heteroatoms. The van der Waals surface area contributed by atoms with Crippen molar-refractivity contribution in [2.75, 3.05) is 6.54 Å². The summed E-state index contributed by atoms with van der Waals surface area (Å²) < 4.78 is 27.7. The minimum Gasteiger partial charge on any atom is -0.327 e. The summed E-state index contributed by atoms with van der Waals surface area (Å²) in [5, 5.41) is 1.01. The molecule has 1 amide bonds. The van der Waals surface area contributed by atoms with Gasteiger partial charge >= 0.3 is 0 Å². The molecule has 3 aliphatic heterocycles. The zero-order valence-electron chi connectivity index (χ0n) is 17.9. The SMILES string of the molecule is O=C(N=C1N=C2C=CC(Cl)=CN2Cc2ccccc21)C1CCCN1S(=O)(=O)c1ccc(Cl)cc1. The Labute approximate surface area is 207 Å².